The van der Waals surface area contributed by atoms with Gasteiger partial charge in [0.1, 0.15) is 18.2 Å². The van der Waals surface area contributed by atoms with E-state index < -0.39 is 0 Å². The molecule has 1 fully saturated rings. The summed E-state index contributed by atoms with van der Waals surface area (Å²) in [6.45, 7) is 2.35. The molecule has 0 amide bonds. The topological polar surface area (TPSA) is 61.0 Å². The molecule has 0 unspecified atom stereocenters. The van der Waals surface area contributed by atoms with Gasteiger partial charge in [-0.3, -0.25) is 0 Å². The molecule has 5 heteroatoms. The molecule has 0 aliphatic heterocycles. The summed E-state index contributed by atoms with van der Waals surface area (Å²) in [5.41, 5.74) is 7.83. The van der Waals surface area contributed by atoms with Crippen molar-refractivity contribution < 1.29 is 4.74 Å². The lowest BCUT2D eigenvalue weighted by Gasteiger charge is -2.12. The Balaban J connectivity index is 1.81. The molecule has 4 nitrogen and oxygen atoms in total. The first-order chi connectivity index (χ1) is 9.65. The van der Waals surface area contributed by atoms with Crippen LogP contribution in [0.25, 0.3) is 0 Å². The van der Waals surface area contributed by atoms with Crippen molar-refractivity contribution >= 4 is 21.7 Å². The van der Waals surface area contributed by atoms with E-state index in [1.165, 1.54) is 0 Å². The summed E-state index contributed by atoms with van der Waals surface area (Å²) >= 11 is 3.51. The number of nitrogen functional groups attached to an aromatic ring is 1. The van der Waals surface area contributed by atoms with E-state index in [2.05, 4.69) is 25.9 Å². The molecule has 1 aliphatic rings. The van der Waals surface area contributed by atoms with Crippen molar-refractivity contribution in [2.24, 2.45) is 0 Å². The molecular formula is C15H16BrN3O. The van der Waals surface area contributed by atoms with Crippen molar-refractivity contribution in [2.45, 2.75) is 32.3 Å². The molecular weight excluding hydrogens is 318 g/mol. The molecule has 0 bridgehead atoms. The van der Waals surface area contributed by atoms with Gasteiger partial charge in [-0.15, -0.1) is 0 Å². The predicted octanol–water partition coefficient (Wildman–Crippen LogP) is 3.59. The van der Waals surface area contributed by atoms with E-state index in [9.17, 15) is 0 Å². The van der Waals surface area contributed by atoms with Gasteiger partial charge in [0.25, 0.3) is 0 Å². The predicted molar refractivity (Wildman–Crippen MR) is 81.6 cm³/mol. The summed E-state index contributed by atoms with van der Waals surface area (Å²) in [5, 5.41) is 0. The minimum Gasteiger partial charge on any atom is -0.472 e. The number of nitrogens with two attached hydrogens (primary N) is 1. The van der Waals surface area contributed by atoms with Crippen LogP contribution in [0.5, 0.6) is 5.88 Å². The lowest BCUT2D eigenvalue weighted by molar-refractivity contribution is 0.289. The molecule has 0 spiro atoms. The number of rotatable bonds is 4. The van der Waals surface area contributed by atoms with Gasteiger partial charge in [0.05, 0.1) is 5.56 Å². The van der Waals surface area contributed by atoms with Crippen LogP contribution in [0.15, 0.2) is 28.7 Å². The third-order valence-electron chi connectivity index (χ3n) is 3.42. The zero-order valence-corrected chi connectivity index (χ0v) is 12.9. The SMILES string of the molecule is Cc1c(N)nc(C2CC2)nc1OCc1ccccc1Br. The van der Waals surface area contributed by atoms with E-state index in [-0.39, 0.29) is 0 Å². The molecule has 1 aliphatic carbocycles. The minimum absolute atomic E-state index is 0.461. The van der Waals surface area contributed by atoms with E-state index in [0.29, 0.717) is 24.2 Å². The highest BCUT2D eigenvalue weighted by Crippen LogP contribution is 2.39. The summed E-state index contributed by atoms with van der Waals surface area (Å²) < 4.78 is 6.87. The van der Waals surface area contributed by atoms with Crippen LogP contribution >= 0.6 is 15.9 Å². The number of halogens is 1. The van der Waals surface area contributed by atoms with Crippen LogP contribution in [0.1, 0.15) is 35.7 Å². The van der Waals surface area contributed by atoms with E-state index in [1.807, 2.05) is 31.2 Å². The second-order valence-electron chi connectivity index (χ2n) is 5.05. The number of benzene rings is 1. The van der Waals surface area contributed by atoms with Crippen molar-refractivity contribution in [3.05, 3.63) is 45.7 Å². The number of hydrogen-bond acceptors (Lipinski definition) is 4. The number of nitrogens with zero attached hydrogens (tertiary/aromatic N) is 2. The second-order valence-corrected chi connectivity index (χ2v) is 5.91. The van der Waals surface area contributed by atoms with Gasteiger partial charge in [-0.2, -0.15) is 4.98 Å². The quantitative estimate of drug-likeness (QED) is 0.928. The van der Waals surface area contributed by atoms with Gasteiger partial charge >= 0.3 is 0 Å². The summed E-state index contributed by atoms with van der Waals surface area (Å²) in [6.07, 6.45) is 2.29. The summed E-state index contributed by atoms with van der Waals surface area (Å²) in [7, 11) is 0. The Morgan fingerprint density at radius 2 is 2.05 bits per heavy atom. The molecule has 2 N–H and O–H groups in total. The van der Waals surface area contributed by atoms with Gasteiger partial charge in [-0.1, -0.05) is 34.1 Å². The average molecular weight is 334 g/mol. The van der Waals surface area contributed by atoms with Crippen molar-refractivity contribution in [2.75, 3.05) is 5.73 Å². The molecule has 1 heterocycles. The number of hydrogen-bond donors (Lipinski definition) is 1. The zero-order valence-electron chi connectivity index (χ0n) is 11.3. The molecule has 104 valence electrons. The highest BCUT2D eigenvalue weighted by Gasteiger charge is 2.28. The van der Waals surface area contributed by atoms with Crippen LogP contribution in [-0.4, -0.2) is 9.97 Å². The van der Waals surface area contributed by atoms with Crippen LogP contribution in [0.2, 0.25) is 0 Å². The number of aromatic nitrogens is 2. The maximum Gasteiger partial charge on any atom is 0.222 e. The van der Waals surface area contributed by atoms with Gasteiger partial charge in [0, 0.05) is 16.0 Å². The van der Waals surface area contributed by atoms with Crippen molar-refractivity contribution in [1.29, 1.82) is 0 Å². The average Bonchev–Trinajstić information content (AvgIpc) is 3.26. The van der Waals surface area contributed by atoms with Crippen molar-refractivity contribution in [1.82, 2.24) is 9.97 Å². The lowest BCUT2D eigenvalue weighted by Crippen LogP contribution is -2.07. The van der Waals surface area contributed by atoms with E-state index in [0.717, 1.165) is 34.3 Å². The Labute approximate surface area is 126 Å². The summed E-state index contributed by atoms with van der Waals surface area (Å²) in [5.74, 6) is 2.39. The highest BCUT2D eigenvalue weighted by atomic mass is 79.9. The number of anilines is 1. The first-order valence-electron chi connectivity index (χ1n) is 6.65. The van der Waals surface area contributed by atoms with Crippen molar-refractivity contribution in [3.63, 3.8) is 0 Å². The summed E-state index contributed by atoms with van der Waals surface area (Å²) in [4.78, 5) is 8.86. The van der Waals surface area contributed by atoms with Crippen LogP contribution in [-0.2, 0) is 6.61 Å². The van der Waals surface area contributed by atoms with E-state index >= 15 is 0 Å². The lowest BCUT2D eigenvalue weighted by atomic mass is 10.2. The first kappa shape index (κ1) is 13.4. The second kappa shape index (κ2) is 5.40. The van der Waals surface area contributed by atoms with Gasteiger partial charge in [0.15, 0.2) is 0 Å². The Morgan fingerprint density at radius 1 is 1.30 bits per heavy atom. The van der Waals surface area contributed by atoms with E-state index in [4.69, 9.17) is 10.5 Å². The fourth-order valence-corrected chi connectivity index (χ4v) is 2.36. The van der Waals surface area contributed by atoms with Crippen LogP contribution < -0.4 is 10.5 Å². The van der Waals surface area contributed by atoms with Crippen LogP contribution in [0, 0.1) is 6.92 Å². The zero-order chi connectivity index (χ0) is 14.1. The third kappa shape index (κ3) is 2.77. The monoisotopic (exact) mass is 333 g/mol. The third-order valence-corrected chi connectivity index (χ3v) is 4.19. The maximum atomic E-state index is 5.95. The molecule has 1 aromatic heterocycles. The molecule has 0 radical (unpaired) electrons. The molecule has 20 heavy (non-hydrogen) atoms. The van der Waals surface area contributed by atoms with E-state index in [1.54, 1.807) is 0 Å². The smallest absolute Gasteiger partial charge is 0.222 e. The van der Waals surface area contributed by atoms with Crippen molar-refractivity contribution in [3.8, 4) is 5.88 Å². The highest BCUT2D eigenvalue weighted by molar-refractivity contribution is 9.10. The number of ether oxygens (including phenoxy) is 1. The van der Waals surface area contributed by atoms with Crippen LogP contribution in [0.4, 0.5) is 5.82 Å². The van der Waals surface area contributed by atoms with Gasteiger partial charge in [-0.25, -0.2) is 4.98 Å². The molecule has 0 saturated heterocycles. The first-order valence-corrected chi connectivity index (χ1v) is 7.44. The molecule has 1 aromatic carbocycles. The fourth-order valence-electron chi connectivity index (χ4n) is 1.96. The normalized spacial score (nSPS) is 14.3. The van der Waals surface area contributed by atoms with Crippen LogP contribution in [0.3, 0.4) is 0 Å². The largest absolute Gasteiger partial charge is 0.472 e. The molecule has 2 aromatic rings. The standard InChI is InChI=1S/C15H16BrN3O/c1-9-13(17)18-14(10-6-7-10)19-15(9)20-8-11-4-2-3-5-12(11)16/h2-5,10H,6-8H2,1H3,(H2,17,18,19). The Bertz CT molecular complexity index is 641. The Kier molecular flexibility index (Phi) is 3.61. The van der Waals surface area contributed by atoms with Gasteiger partial charge in [0.2, 0.25) is 5.88 Å². The fraction of sp³-hybridized carbons (Fsp3) is 0.333. The Hall–Kier alpha value is -1.62. The van der Waals surface area contributed by atoms with Gasteiger partial charge in [-0.05, 0) is 25.8 Å². The molecule has 1 saturated carbocycles. The Morgan fingerprint density at radius 3 is 2.75 bits per heavy atom. The van der Waals surface area contributed by atoms with Gasteiger partial charge < -0.3 is 10.5 Å². The summed E-state index contributed by atoms with van der Waals surface area (Å²) in [6, 6.07) is 7.98. The molecule has 3 rings (SSSR count). The molecule has 0 atom stereocenters. The maximum absolute atomic E-state index is 5.95. The minimum atomic E-state index is 0.461.